The van der Waals surface area contributed by atoms with Crippen molar-refractivity contribution < 1.29 is 9.90 Å². The van der Waals surface area contributed by atoms with E-state index in [1.165, 1.54) is 0 Å². The van der Waals surface area contributed by atoms with E-state index in [-0.39, 0.29) is 31.0 Å². The van der Waals surface area contributed by atoms with Crippen molar-refractivity contribution in [2.45, 2.75) is 51.6 Å². The second-order valence-corrected chi connectivity index (χ2v) is 3.52. The van der Waals surface area contributed by atoms with Gasteiger partial charge in [-0.05, 0) is 19.3 Å². The number of halogens is 1. The Labute approximate surface area is 98.0 Å². The van der Waals surface area contributed by atoms with E-state index in [2.05, 4.69) is 5.32 Å². The van der Waals surface area contributed by atoms with E-state index in [1.807, 2.05) is 13.8 Å². The van der Waals surface area contributed by atoms with Crippen LogP contribution in [0.5, 0.6) is 0 Å². The molecule has 0 aromatic heterocycles. The van der Waals surface area contributed by atoms with Gasteiger partial charge in [-0.15, -0.1) is 12.4 Å². The van der Waals surface area contributed by atoms with Crippen LogP contribution in [0.25, 0.3) is 0 Å². The van der Waals surface area contributed by atoms with E-state index in [1.54, 1.807) is 0 Å². The monoisotopic (exact) mass is 238 g/mol. The fourth-order valence-electron chi connectivity index (χ4n) is 1.28. The summed E-state index contributed by atoms with van der Waals surface area (Å²) in [6.07, 6.45) is 3.04. The Morgan fingerprint density at radius 3 is 2.40 bits per heavy atom. The van der Waals surface area contributed by atoms with Crippen LogP contribution < -0.4 is 11.1 Å². The maximum absolute atomic E-state index is 11.5. The Hall–Kier alpha value is -0.320. The minimum Gasteiger partial charge on any atom is -0.396 e. The van der Waals surface area contributed by atoms with E-state index in [0.717, 1.165) is 12.8 Å². The number of hydrogen-bond acceptors (Lipinski definition) is 3. The van der Waals surface area contributed by atoms with Gasteiger partial charge in [0.05, 0.1) is 6.04 Å². The first-order chi connectivity index (χ1) is 6.65. The van der Waals surface area contributed by atoms with Crippen LogP contribution in [0.1, 0.15) is 39.5 Å². The van der Waals surface area contributed by atoms with Crippen LogP contribution in [0, 0.1) is 0 Å². The van der Waals surface area contributed by atoms with Crippen molar-refractivity contribution in [1.29, 1.82) is 0 Å². The largest absolute Gasteiger partial charge is 0.396 e. The van der Waals surface area contributed by atoms with Crippen molar-refractivity contribution in [2.24, 2.45) is 5.73 Å². The van der Waals surface area contributed by atoms with Crippen LogP contribution in [0.4, 0.5) is 0 Å². The van der Waals surface area contributed by atoms with E-state index >= 15 is 0 Å². The summed E-state index contributed by atoms with van der Waals surface area (Å²) < 4.78 is 0. The van der Waals surface area contributed by atoms with Gasteiger partial charge in [0.2, 0.25) is 5.91 Å². The third kappa shape index (κ3) is 7.59. The molecule has 0 heterocycles. The average molecular weight is 239 g/mol. The molecule has 2 unspecified atom stereocenters. The predicted octanol–water partition coefficient (Wildman–Crippen LogP) is 0.813. The fraction of sp³-hybridized carbons (Fsp3) is 0.900. The topological polar surface area (TPSA) is 75.4 Å². The van der Waals surface area contributed by atoms with Gasteiger partial charge in [0.15, 0.2) is 0 Å². The van der Waals surface area contributed by atoms with Crippen LogP contribution in [0.15, 0.2) is 0 Å². The number of carbonyl (C=O) groups excluding carboxylic acids is 1. The van der Waals surface area contributed by atoms with Crippen LogP contribution in [0.2, 0.25) is 0 Å². The van der Waals surface area contributed by atoms with Crippen molar-refractivity contribution in [1.82, 2.24) is 5.32 Å². The second kappa shape index (κ2) is 10.2. The molecular formula is C10H23ClN2O2. The Morgan fingerprint density at radius 2 is 2.00 bits per heavy atom. The summed E-state index contributed by atoms with van der Waals surface area (Å²) in [5.74, 6) is -0.104. The number of hydrogen-bond donors (Lipinski definition) is 3. The molecule has 4 nitrogen and oxygen atoms in total. The lowest BCUT2D eigenvalue weighted by Crippen LogP contribution is -2.45. The lowest BCUT2D eigenvalue weighted by atomic mass is 10.1. The highest BCUT2D eigenvalue weighted by Crippen LogP contribution is 1.99. The van der Waals surface area contributed by atoms with Gasteiger partial charge < -0.3 is 16.2 Å². The van der Waals surface area contributed by atoms with Gasteiger partial charge in [-0.2, -0.15) is 0 Å². The van der Waals surface area contributed by atoms with E-state index in [0.29, 0.717) is 12.8 Å². The Kier molecular flexibility index (Phi) is 11.6. The quantitative estimate of drug-likeness (QED) is 0.615. The standard InChI is InChI=1S/C10H22N2O2.ClH/c1-3-5-9(11)10(14)12-8(4-2)6-7-13;/h8-9,13H,3-7,11H2,1-2H3,(H,12,14);1H. The second-order valence-electron chi connectivity index (χ2n) is 3.52. The molecule has 5 heteroatoms. The SMILES string of the molecule is CCCC(N)C(=O)NC(CC)CCO.Cl. The van der Waals surface area contributed by atoms with Crippen LogP contribution >= 0.6 is 12.4 Å². The molecule has 0 aromatic rings. The summed E-state index contributed by atoms with van der Waals surface area (Å²) in [6, 6.07) is -0.358. The summed E-state index contributed by atoms with van der Waals surface area (Å²) >= 11 is 0. The molecule has 0 aromatic carbocycles. The zero-order valence-corrected chi connectivity index (χ0v) is 10.3. The molecule has 0 saturated heterocycles. The van der Waals surface area contributed by atoms with Crippen molar-refractivity contribution in [3.8, 4) is 0 Å². The first-order valence-electron chi connectivity index (χ1n) is 5.32. The van der Waals surface area contributed by atoms with Gasteiger partial charge in [0.1, 0.15) is 0 Å². The summed E-state index contributed by atoms with van der Waals surface area (Å²) in [4.78, 5) is 11.5. The lowest BCUT2D eigenvalue weighted by molar-refractivity contribution is -0.123. The summed E-state index contributed by atoms with van der Waals surface area (Å²) in [5.41, 5.74) is 5.65. The molecule has 0 aliphatic carbocycles. The minimum absolute atomic E-state index is 0. The number of aliphatic hydroxyl groups excluding tert-OH is 1. The van der Waals surface area contributed by atoms with Crippen molar-refractivity contribution in [3.05, 3.63) is 0 Å². The predicted molar refractivity (Wildman–Crippen MR) is 64.1 cm³/mol. The molecule has 0 aliphatic heterocycles. The molecule has 0 saturated carbocycles. The first-order valence-corrected chi connectivity index (χ1v) is 5.32. The van der Waals surface area contributed by atoms with Gasteiger partial charge in [-0.1, -0.05) is 20.3 Å². The van der Waals surface area contributed by atoms with E-state index in [4.69, 9.17) is 10.8 Å². The fourth-order valence-corrected chi connectivity index (χ4v) is 1.28. The molecule has 0 radical (unpaired) electrons. The van der Waals surface area contributed by atoms with E-state index in [9.17, 15) is 4.79 Å². The smallest absolute Gasteiger partial charge is 0.237 e. The van der Waals surface area contributed by atoms with Gasteiger partial charge in [0, 0.05) is 12.6 Å². The Balaban J connectivity index is 0. The molecule has 0 rings (SSSR count). The van der Waals surface area contributed by atoms with Gasteiger partial charge in [-0.25, -0.2) is 0 Å². The highest BCUT2D eigenvalue weighted by atomic mass is 35.5. The molecule has 15 heavy (non-hydrogen) atoms. The lowest BCUT2D eigenvalue weighted by Gasteiger charge is -2.18. The summed E-state index contributed by atoms with van der Waals surface area (Å²) in [7, 11) is 0. The highest BCUT2D eigenvalue weighted by Gasteiger charge is 2.15. The molecule has 0 fully saturated rings. The molecular weight excluding hydrogens is 216 g/mol. The summed E-state index contributed by atoms with van der Waals surface area (Å²) in [5, 5.41) is 11.6. The molecule has 0 aliphatic rings. The highest BCUT2D eigenvalue weighted by molar-refractivity contribution is 5.85. The molecule has 4 N–H and O–H groups in total. The maximum atomic E-state index is 11.5. The number of aliphatic hydroxyl groups is 1. The zero-order chi connectivity index (χ0) is 11.0. The number of nitrogens with two attached hydrogens (primary N) is 1. The average Bonchev–Trinajstić information content (AvgIpc) is 2.17. The van der Waals surface area contributed by atoms with E-state index < -0.39 is 6.04 Å². The minimum atomic E-state index is -0.409. The zero-order valence-electron chi connectivity index (χ0n) is 9.53. The molecule has 0 spiro atoms. The molecule has 0 bridgehead atoms. The first kappa shape index (κ1) is 17.1. The van der Waals surface area contributed by atoms with Crippen LogP contribution in [-0.2, 0) is 4.79 Å². The van der Waals surface area contributed by atoms with Gasteiger partial charge >= 0.3 is 0 Å². The van der Waals surface area contributed by atoms with Crippen LogP contribution in [0.3, 0.4) is 0 Å². The van der Waals surface area contributed by atoms with Gasteiger partial charge in [0.25, 0.3) is 0 Å². The molecule has 2 atom stereocenters. The van der Waals surface area contributed by atoms with Crippen molar-refractivity contribution >= 4 is 18.3 Å². The third-order valence-electron chi connectivity index (χ3n) is 2.25. The third-order valence-corrected chi connectivity index (χ3v) is 2.25. The number of nitrogens with one attached hydrogen (secondary N) is 1. The normalized spacial score (nSPS) is 13.9. The summed E-state index contributed by atoms with van der Waals surface area (Å²) in [6.45, 7) is 4.08. The van der Waals surface area contributed by atoms with Crippen molar-refractivity contribution in [3.63, 3.8) is 0 Å². The Morgan fingerprint density at radius 1 is 1.40 bits per heavy atom. The number of amides is 1. The number of carbonyl (C=O) groups is 1. The van der Waals surface area contributed by atoms with Gasteiger partial charge in [-0.3, -0.25) is 4.79 Å². The Bertz CT molecular complexity index is 168. The maximum Gasteiger partial charge on any atom is 0.237 e. The molecule has 1 amide bonds. The van der Waals surface area contributed by atoms with Crippen LogP contribution in [-0.4, -0.2) is 29.7 Å². The number of rotatable bonds is 7. The van der Waals surface area contributed by atoms with Crippen molar-refractivity contribution in [2.75, 3.05) is 6.61 Å². The molecule has 92 valence electrons.